The molecule has 98 valence electrons. The van der Waals surface area contributed by atoms with Crippen molar-refractivity contribution < 1.29 is 4.92 Å². The Morgan fingerprint density at radius 1 is 1.67 bits per heavy atom. The number of anilines is 1. The monoisotopic (exact) mass is 250 g/mol. The topological polar surface area (TPSA) is 80.1 Å². The predicted octanol–water partition coefficient (Wildman–Crippen LogP) is 1.79. The van der Waals surface area contributed by atoms with Crippen molar-refractivity contribution in [2.45, 2.75) is 25.8 Å². The van der Waals surface area contributed by atoms with E-state index in [1.54, 1.807) is 12.3 Å². The highest BCUT2D eigenvalue weighted by atomic mass is 16.6. The summed E-state index contributed by atoms with van der Waals surface area (Å²) < 4.78 is 0. The lowest BCUT2D eigenvalue weighted by Gasteiger charge is -2.28. The fourth-order valence-corrected chi connectivity index (χ4v) is 2.28. The van der Waals surface area contributed by atoms with Gasteiger partial charge in [0.25, 0.3) is 0 Å². The zero-order valence-corrected chi connectivity index (χ0v) is 10.4. The molecule has 1 aliphatic rings. The van der Waals surface area contributed by atoms with E-state index in [0.717, 1.165) is 13.0 Å². The standard InChI is InChI=1S/C12H18N4O2/c1-9-4-6-13-10(7-9)8-15-12-11(16(17)18)3-2-5-14-12/h2-3,5,9-10,13H,4,6-8H2,1H3,(H,14,15)/t9-,10+/m1/s1. The molecular formula is C12H18N4O2. The lowest BCUT2D eigenvalue weighted by molar-refractivity contribution is -0.384. The minimum atomic E-state index is -0.410. The number of aromatic nitrogens is 1. The quantitative estimate of drug-likeness (QED) is 0.629. The van der Waals surface area contributed by atoms with Crippen molar-refractivity contribution in [2.24, 2.45) is 5.92 Å². The van der Waals surface area contributed by atoms with Gasteiger partial charge < -0.3 is 10.6 Å². The van der Waals surface area contributed by atoms with Crippen molar-refractivity contribution in [1.29, 1.82) is 0 Å². The molecule has 0 radical (unpaired) electrons. The van der Waals surface area contributed by atoms with Gasteiger partial charge >= 0.3 is 5.69 Å². The van der Waals surface area contributed by atoms with Gasteiger partial charge in [0.1, 0.15) is 0 Å². The van der Waals surface area contributed by atoms with Gasteiger partial charge in [0.05, 0.1) is 4.92 Å². The summed E-state index contributed by atoms with van der Waals surface area (Å²) in [6.07, 6.45) is 3.85. The molecule has 1 aromatic heterocycles. The molecule has 0 unspecified atom stereocenters. The summed E-state index contributed by atoms with van der Waals surface area (Å²) in [6.45, 7) is 3.91. The van der Waals surface area contributed by atoms with Crippen molar-refractivity contribution in [3.63, 3.8) is 0 Å². The van der Waals surface area contributed by atoms with Crippen LogP contribution >= 0.6 is 0 Å². The van der Waals surface area contributed by atoms with Gasteiger partial charge in [-0.25, -0.2) is 4.98 Å². The van der Waals surface area contributed by atoms with Gasteiger partial charge in [0.15, 0.2) is 0 Å². The van der Waals surface area contributed by atoms with Crippen LogP contribution in [0.5, 0.6) is 0 Å². The van der Waals surface area contributed by atoms with Crippen molar-refractivity contribution in [2.75, 3.05) is 18.4 Å². The van der Waals surface area contributed by atoms with Gasteiger partial charge in [0, 0.05) is 24.8 Å². The molecule has 0 spiro atoms. The number of hydrogen-bond donors (Lipinski definition) is 2. The summed E-state index contributed by atoms with van der Waals surface area (Å²) in [5.41, 5.74) is 0.0290. The molecule has 1 aliphatic heterocycles. The number of pyridine rings is 1. The summed E-state index contributed by atoms with van der Waals surface area (Å²) in [5.74, 6) is 1.05. The van der Waals surface area contributed by atoms with E-state index >= 15 is 0 Å². The van der Waals surface area contributed by atoms with Crippen LogP contribution in [0.2, 0.25) is 0 Å². The smallest absolute Gasteiger partial charge is 0.311 e. The van der Waals surface area contributed by atoms with E-state index in [0.29, 0.717) is 24.3 Å². The predicted molar refractivity (Wildman–Crippen MR) is 69.6 cm³/mol. The van der Waals surface area contributed by atoms with Crippen molar-refractivity contribution in [3.05, 3.63) is 28.4 Å². The summed E-state index contributed by atoms with van der Waals surface area (Å²) in [5, 5.41) is 17.3. The molecule has 2 atom stereocenters. The maximum Gasteiger partial charge on any atom is 0.311 e. The van der Waals surface area contributed by atoms with Crippen molar-refractivity contribution in [1.82, 2.24) is 10.3 Å². The Hall–Kier alpha value is -1.69. The van der Waals surface area contributed by atoms with E-state index in [9.17, 15) is 10.1 Å². The second-order valence-electron chi connectivity index (χ2n) is 4.79. The van der Waals surface area contributed by atoms with Gasteiger partial charge in [-0.3, -0.25) is 10.1 Å². The van der Waals surface area contributed by atoms with Crippen LogP contribution in [0, 0.1) is 16.0 Å². The Morgan fingerprint density at radius 3 is 3.22 bits per heavy atom. The summed E-state index contributed by atoms with van der Waals surface area (Å²) >= 11 is 0. The van der Waals surface area contributed by atoms with Gasteiger partial charge in [-0.05, 0) is 31.4 Å². The van der Waals surface area contributed by atoms with Crippen LogP contribution < -0.4 is 10.6 Å². The van der Waals surface area contributed by atoms with E-state index < -0.39 is 4.92 Å². The lowest BCUT2D eigenvalue weighted by atomic mass is 9.94. The van der Waals surface area contributed by atoms with Crippen LogP contribution in [0.15, 0.2) is 18.3 Å². The number of nitrogens with one attached hydrogen (secondary N) is 2. The second-order valence-corrected chi connectivity index (χ2v) is 4.79. The zero-order valence-electron chi connectivity index (χ0n) is 10.4. The van der Waals surface area contributed by atoms with Crippen LogP contribution in [0.4, 0.5) is 11.5 Å². The fraction of sp³-hybridized carbons (Fsp3) is 0.583. The maximum atomic E-state index is 10.8. The molecule has 0 bridgehead atoms. The van der Waals surface area contributed by atoms with E-state index in [4.69, 9.17) is 0 Å². The third-order valence-corrected chi connectivity index (χ3v) is 3.26. The molecule has 18 heavy (non-hydrogen) atoms. The Morgan fingerprint density at radius 2 is 2.50 bits per heavy atom. The first kappa shape index (κ1) is 12.8. The highest BCUT2D eigenvalue weighted by Crippen LogP contribution is 2.21. The lowest BCUT2D eigenvalue weighted by Crippen LogP contribution is -2.41. The SMILES string of the molecule is C[C@@H]1CCN[C@H](CNc2ncccc2[N+](=O)[O-])C1. The highest BCUT2D eigenvalue weighted by molar-refractivity contribution is 5.55. The molecule has 1 fully saturated rings. The molecule has 1 saturated heterocycles. The molecule has 2 rings (SSSR count). The van der Waals surface area contributed by atoms with Crippen LogP contribution in [-0.2, 0) is 0 Å². The number of piperidine rings is 1. The average molecular weight is 250 g/mol. The summed E-state index contributed by atoms with van der Waals surface area (Å²) in [7, 11) is 0. The molecule has 1 aromatic rings. The van der Waals surface area contributed by atoms with E-state index in [1.807, 2.05) is 0 Å². The first-order valence-electron chi connectivity index (χ1n) is 6.23. The fourth-order valence-electron chi connectivity index (χ4n) is 2.28. The summed E-state index contributed by atoms with van der Waals surface area (Å²) in [4.78, 5) is 14.4. The third kappa shape index (κ3) is 3.16. The number of nitrogens with zero attached hydrogens (tertiary/aromatic N) is 2. The summed E-state index contributed by atoms with van der Waals surface area (Å²) in [6, 6.07) is 3.40. The molecule has 2 heterocycles. The Kier molecular flexibility index (Phi) is 4.09. The van der Waals surface area contributed by atoms with Gasteiger partial charge in [-0.15, -0.1) is 0 Å². The maximum absolute atomic E-state index is 10.8. The Labute approximate surface area is 106 Å². The van der Waals surface area contributed by atoms with Crippen LogP contribution in [0.3, 0.4) is 0 Å². The van der Waals surface area contributed by atoms with Crippen molar-refractivity contribution >= 4 is 11.5 Å². The highest BCUT2D eigenvalue weighted by Gasteiger charge is 2.20. The molecule has 0 aromatic carbocycles. The van der Waals surface area contributed by atoms with Crippen LogP contribution in [0.25, 0.3) is 0 Å². The Bertz CT molecular complexity index is 424. The minimum absolute atomic E-state index is 0.0290. The number of nitro groups is 1. The minimum Gasteiger partial charge on any atom is -0.363 e. The molecule has 6 nitrogen and oxygen atoms in total. The van der Waals surface area contributed by atoms with Crippen LogP contribution in [-0.4, -0.2) is 29.0 Å². The molecule has 0 amide bonds. The van der Waals surface area contributed by atoms with E-state index in [-0.39, 0.29) is 5.69 Å². The molecule has 0 aliphatic carbocycles. The normalized spacial score (nSPS) is 23.6. The largest absolute Gasteiger partial charge is 0.363 e. The van der Waals surface area contributed by atoms with Gasteiger partial charge in [-0.1, -0.05) is 6.92 Å². The van der Waals surface area contributed by atoms with E-state index in [2.05, 4.69) is 22.5 Å². The van der Waals surface area contributed by atoms with Crippen molar-refractivity contribution in [3.8, 4) is 0 Å². The van der Waals surface area contributed by atoms with E-state index in [1.165, 1.54) is 12.5 Å². The number of rotatable bonds is 4. The molecule has 0 saturated carbocycles. The zero-order chi connectivity index (χ0) is 13.0. The van der Waals surface area contributed by atoms with Gasteiger partial charge in [-0.2, -0.15) is 0 Å². The first-order chi connectivity index (χ1) is 8.66. The first-order valence-corrected chi connectivity index (χ1v) is 6.23. The average Bonchev–Trinajstić information content (AvgIpc) is 2.37. The molecule has 2 N–H and O–H groups in total. The van der Waals surface area contributed by atoms with Gasteiger partial charge in [0.2, 0.25) is 5.82 Å². The molecular weight excluding hydrogens is 232 g/mol. The molecule has 6 heteroatoms. The van der Waals surface area contributed by atoms with Crippen LogP contribution in [0.1, 0.15) is 19.8 Å². The Balaban J connectivity index is 1.95. The number of hydrogen-bond acceptors (Lipinski definition) is 5. The second kappa shape index (κ2) is 5.77. The third-order valence-electron chi connectivity index (χ3n) is 3.26.